The van der Waals surface area contributed by atoms with Crippen molar-refractivity contribution in [3.8, 4) is 67.7 Å². The van der Waals surface area contributed by atoms with Gasteiger partial charge in [-0.2, -0.15) is 0 Å². The van der Waals surface area contributed by atoms with Crippen molar-refractivity contribution >= 4 is 43.6 Å². The standard InChI is InChI=1S/C52H32N4O/c1-4-15-33(16-5-1)38-21-14-22-39(31-38)52-55-50(36-19-8-3-9-20-36)54-51(56-52)37-29-27-34(28-30-37)46-47-40-23-10-12-25-43(40)53-49(35-17-6-2-7-18-35)42(47)32-45-48(46)41-24-11-13-26-44(41)57-45/h1-32H. The molecule has 0 saturated carbocycles. The molecule has 0 saturated heterocycles. The molecule has 0 aliphatic carbocycles. The molecule has 0 spiro atoms. The minimum atomic E-state index is 0.605. The quantitative estimate of drug-likeness (QED) is 0.160. The Morgan fingerprint density at radius 2 is 0.825 bits per heavy atom. The fourth-order valence-electron chi connectivity index (χ4n) is 8.03. The molecule has 5 nitrogen and oxygen atoms in total. The molecule has 0 unspecified atom stereocenters. The maximum Gasteiger partial charge on any atom is 0.164 e. The molecule has 266 valence electrons. The Kier molecular flexibility index (Phi) is 7.74. The molecule has 11 aromatic rings. The van der Waals surface area contributed by atoms with Gasteiger partial charge in [-0.1, -0.05) is 170 Å². The zero-order valence-electron chi connectivity index (χ0n) is 30.7. The first-order valence-electron chi connectivity index (χ1n) is 19.1. The number of hydrogen-bond donors (Lipinski definition) is 0. The van der Waals surface area contributed by atoms with Gasteiger partial charge < -0.3 is 4.42 Å². The second kappa shape index (κ2) is 13.5. The summed E-state index contributed by atoms with van der Waals surface area (Å²) in [5.41, 5.74) is 11.7. The molecule has 0 fully saturated rings. The second-order valence-corrected chi connectivity index (χ2v) is 14.2. The van der Waals surface area contributed by atoms with Crippen molar-refractivity contribution in [2.75, 3.05) is 0 Å². The highest BCUT2D eigenvalue weighted by atomic mass is 16.3. The van der Waals surface area contributed by atoms with Gasteiger partial charge in [0, 0.05) is 54.7 Å². The van der Waals surface area contributed by atoms with Crippen molar-refractivity contribution in [1.82, 2.24) is 19.9 Å². The van der Waals surface area contributed by atoms with E-state index in [2.05, 4.69) is 140 Å². The van der Waals surface area contributed by atoms with Crippen LogP contribution in [0.25, 0.3) is 111 Å². The van der Waals surface area contributed by atoms with E-state index >= 15 is 0 Å². The Labute approximate surface area is 328 Å². The van der Waals surface area contributed by atoms with Gasteiger partial charge in [0.2, 0.25) is 0 Å². The molecule has 0 atom stereocenters. The van der Waals surface area contributed by atoms with E-state index in [1.54, 1.807) is 0 Å². The smallest absolute Gasteiger partial charge is 0.164 e. The van der Waals surface area contributed by atoms with Crippen LogP contribution in [0.4, 0.5) is 0 Å². The lowest BCUT2D eigenvalue weighted by Crippen LogP contribution is -2.00. The normalized spacial score (nSPS) is 11.5. The van der Waals surface area contributed by atoms with Crippen molar-refractivity contribution in [3.63, 3.8) is 0 Å². The van der Waals surface area contributed by atoms with E-state index in [4.69, 9.17) is 24.4 Å². The number of rotatable bonds is 6. The molecule has 5 heteroatoms. The van der Waals surface area contributed by atoms with Crippen LogP contribution in [0.3, 0.4) is 0 Å². The Bertz CT molecular complexity index is 3270. The molecule has 0 N–H and O–H groups in total. The minimum Gasteiger partial charge on any atom is -0.456 e. The van der Waals surface area contributed by atoms with E-state index in [1.165, 1.54) is 0 Å². The summed E-state index contributed by atoms with van der Waals surface area (Å²) in [5, 5.41) is 5.42. The Balaban J connectivity index is 1.13. The summed E-state index contributed by atoms with van der Waals surface area (Å²) < 4.78 is 6.61. The summed E-state index contributed by atoms with van der Waals surface area (Å²) in [4.78, 5) is 20.4. The van der Waals surface area contributed by atoms with Gasteiger partial charge in [-0.25, -0.2) is 19.9 Å². The van der Waals surface area contributed by atoms with E-state index < -0.39 is 0 Å². The van der Waals surface area contributed by atoms with Gasteiger partial charge in [-0.05, 0) is 41.0 Å². The number of benzene rings is 8. The van der Waals surface area contributed by atoms with Crippen LogP contribution in [-0.2, 0) is 0 Å². The van der Waals surface area contributed by atoms with Crippen LogP contribution in [0.5, 0.6) is 0 Å². The molecule has 0 aliphatic heterocycles. The fourth-order valence-corrected chi connectivity index (χ4v) is 8.03. The molecule has 3 heterocycles. The highest BCUT2D eigenvalue weighted by molar-refractivity contribution is 6.27. The van der Waals surface area contributed by atoms with Crippen molar-refractivity contribution in [2.24, 2.45) is 0 Å². The maximum absolute atomic E-state index is 6.61. The summed E-state index contributed by atoms with van der Waals surface area (Å²) in [6, 6.07) is 66.8. The SMILES string of the molecule is c1ccc(-c2cccc(-c3nc(-c4ccccc4)nc(-c4ccc(-c5c6c(cc7c(-c8ccccc8)nc8ccccc8c57)oc5ccccc56)cc4)n3)c2)cc1. The summed E-state index contributed by atoms with van der Waals surface area (Å²) in [5.74, 6) is 1.85. The number of pyridine rings is 1. The van der Waals surface area contributed by atoms with Crippen LogP contribution in [0.1, 0.15) is 0 Å². The lowest BCUT2D eigenvalue weighted by atomic mass is 9.89. The van der Waals surface area contributed by atoms with E-state index in [-0.39, 0.29) is 0 Å². The summed E-state index contributed by atoms with van der Waals surface area (Å²) in [6.07, 6.45) is 0. The highest BCUT2D eigenvalue weighted by Crippen LogP contribution is 2.46. The van der Waals surface area contributed by atoms with E-state index in [9.17, 15) is 0 Å². The van der Waals surface area contributed by atoms with E-state index in [0.717, 1.165) is 93.8 Å². The van der Waals surface area contributed by atoms with Crippen LogP contribution in [0.15, 0.2) is 199 Å². The molecule has 8 aromatic carbocycles. The van der Waals surface area contributed by atoms with Gasteiger partial charge in [-0.3, -0.25) is 0 Å². The van der Waals surface area contributed by atoms with Gasteiger partial charge in [0.15, 0.2) is 17.5 Å². The zero-order valence-corrected chi connectivity index (χ0v) is 30.7. The summed E-state index contributed by atoms with van der Waals surface area (Å²) in [6.45, 7) is 0. The largest absolute Gasteiger partial charge is 0.456 e. The average Bonchev–Trinajstić information content (AvgIpc) is 3.67. The van der Waals surface area contributed by atoms with Gasteiger partial charge in [0.1, 0.15) is 11.2 Å². The van der Waals surface area contributed by atoms with Gasteiger partial charge in [0.25, 0.3) is 0 Å². The minimum absolute atomic E-state index is 0.605. The predicted octanol–water partition coefficient (Wildman–Crippen LogP) is 13.5. The fraction of sp³-hybridized carbons (Fsp3) is 0. The lowest BCUT2D eigenvalue weighted by Gasteiger charge is -2.16. The third-order valence-electron chi connectivity index (χ3n) is 10.7. The Morgan fingerprint density at radius 1 is 0.298 bits per heavy atom. The molecule has 0 aliphatic rings. The van der Waals surface area contributed by atoms with Crippen LogP contribution in [0.2, 0.25) is 0 Å². The number of aromatic nitrogens is 4. The van der Waals surface area contributed by atoms with Gasteiger partial charge in [0.05, 0.1) is 11.2 Å². The van der Waals surface area contributed by atoms with Crippen LogP contribution < -0.4 is 0 Å². The number of fused-ring (bicyclic) bond motifs is 6. The number of furan rings is 1. The Hall–Kier alpha value is -7.76. The average molecular weight is 729 g/mol. The van der Waals surface area contributed by atoms with Crippen LogP contribution in [-0.4, -0.2) is 19.9 Å². The Morgan fingerprint density at radius 3 is 1.54 bits per heavy atom. The molecule has 0 radical (unpaired) electrons. The number of para-hydroxylation sites is 2. The molecule has 0 bridgehead atoms. The van der Waals surface area contributed by atoms with Crippen LogP contribution in [0, 0.1) is 0 Å². The number of nitrogens with zero attached hydrogens (tertiary/aromatic N) is 4. The number of hydrogen-bond acceptors (Lipinski definition) is 5. The topological polar surface area (TPSA) is 64.7 Å². The predicted molar refractivity (Wildman–Crippen MR) is 233 cm³/mol. The maximum atomic E-state index is 6.61. The van der Waals surface area contributed by atoms with Gasteiger partial charge in [-0.15, -0.1) is 0 Å². The summed E-state index contributed by atoms with van der Waals surface area (Å²) >= 11 is 0. The lowest BCUT2D eigenvalue weighted by molar-refractivity contribution is 0.669. The first-order valence-corrected chi connectivity index (χ1v) is 19.1. The van der Waals surface area contributed by atoms with E-state index in [1.807, 2.05) is 54.6 Å². The van der Waals surface area contributed by atoms with Crippen LogP contribution >= 0.6 is 0 Å². The molecule has 11 rings (SSSR count). The summed E-state index contributed by atoms with van der Waals surface area (Å²) in [7, 11) is 0. The monoisotopic (exact) mass is 728 g/mol. The molecule has 3 aromatic heterocycles. The van der Waals surface area contributed by atoms with Crippen molar-refractivity contribution in [3.05, 3.63) is 194 Å². The van der Waals surface area contributed by atoms with Crippen molar-refractivity contribution in [1.29, 1.82) is 0 Å². The van der Waals surface area contributed by atoms with Crippen molar-refractivity contribution in [2.45, 2.75) is 0 Å². The van der Waals surface area contributed by atoms with Crippen molar-refractivity contribution < 1.29 is 4.42 Å². The molecule has 57 heavy (non-hydrogen) atoms. The zero-order chi connectivity index (χ0) is 37.7. The third-order valence-corrected chi connectivity index (χ3v) is 10.7. The molecular formula is C52H32N4O. The van der Waals surface area contributed by atoms with Gasteiger partial charge >= 0.3 is 0 Å². The highest BCUT2D eigenvalue weighted by Gasteiger charge is 2.22. The first kappa shape index (κ1) is 32.7. The molecule has 0 amide bonds. The van der Waals surface area contributed by atoms with E-state index in [0.29, 0.717) is 17.5 Å². The second-order valence-electron chi connectivity index (χ2n) is 14.2. The molecular weight excluding hydrogens is 697 g/mol. The first-order chi connectivity index (χ1) is 28.2. The third kappa shape index (κ3) is 5.72.